The van der Waals surface area contributed by atoms with Crippen molar-refractivity contribution in [1.29, 1.82) is 5.26 Å². The Balaban J connectivity index is 2.47. The van der Waals surface area contributed by atoms with Gasteiger partial charge in [0.25, 0.3) is 0 Å². The van der Waals surface area contributed by atoms with E-state index in [1.165, 1.54) is 0 Å². The Hall–Kier alpha value is -1.96. The monoisotopic (exact) mass is 246 g/mol. The van der Waals surface area contributed by atoms with Crippen LogP contribution in [0.1, 0.15) is 50.3 Å². The van der Waals surface area contributed by atoms with Gasteiger partial charge in [0, 0.05) is 17.2 Å². The van der Waals surface area contributed by atoms with Gasteiger partial charge in [-0.1, -0.05) is 26.7 Å². The molecule has 1 aromatic heterocycles. The van der Waals surface area contributed by atoms with Crippen LogP contribution in [-0.4, -0.2) is 10.2 Å². The Labute approximate surface area is 107 Å². The zero-order valence-corrected chi connectivity index (χ0v) is 10.8. The number of hydrogen-bond acceptors (Lipinski definition) is 4. The number of H-pyrrole nitrogens is 1. The Kier molecular flexibility index (Phi) is 3.56. The van der Waals surface area contributed by atoms with E-state index in [9.17, 15) is 5.26 Å². The molecule has 0 spiro atoms. The molecule has 0 saturated heterocycles. The maximum atomic E-state index is 9.24. The maximum Gasteiger partial charge on any atom is 0.243 e. The third kappa shape index (κ3) is 1.94. The lowest BCUT2D eigenvalue weighted by atomic mass is 9.86. The summed E-state index contributed by atoms with van der Waals surface area (Å²) in [5.74, 6) is 0.746. The molecular weight excluding hydrogens is 228 g/mol. The number of hydrogen-bond donors (Lipinski definition) is 2. The molecule has 0 amide bonds. The largest absolute Gasteiger partial charge is 0.420 e. The number of aromatic amines is 1. The maximum absolute atomic E-state index is 9.24. The molecule has 0 saturated carbocycles. The molecular formula is C13H18N4O. The van der Waals surface area contributed by atoms with Crippen molar-refractivity contribution in [3.05, 3.63) is 22.7 Å². The van der Waals surface area contributed by atoms with Gasteiger partial charge >= 0.3 is 0 Å². The predicted molar refractivity (Wildman–Crippen MR) is 67.7 cm³/mol. The summed E-state index contributed by atoms with van der Waals surface area (Å²) in [4.78, 5) is 0. The minimum Gasteiger partial charge on any atom is -0.420 e. The number of rotatable bonds is 4. The lowest BCUT2D eigenvalue weighted by Gasteiger charge is -2.23. The topological polar surface area (TPSA) is 87.7 Å². The van der Waals surface area contributed by atoms with E-state index in [4.69, 9.17) is 10.5 Å². The van der Waals surface area contributed by atoms with Crippen LogP contribution in [0.25, 0.3) is 0 Å². The summed E-state index contributed by atoms with van der Waals surface area (Å²) in [5.41, 5.74) is 8.40. The van der Waals surface area contributed by atoms with Crippen LogP contribution < -0.4 is 10.5 Å². The number of allylic oxidation sites excluding steroid dienone is 1. The van der Waals surface area contributed by atoms with Gasteiger partial charge in [-0.05, 0) is 12.8 Å². The van der Waals surface area contributed by atoms with E-state index in [1.54, 1.807) is 0 Å². The second kappa shape index (κ2) is 5.13. The molecule has 1 aliphatic heterocycles. The molecule has 96 valence electrons. The van der Waals surface area contributed by atoms with Gasteiger partial charge in [-0.3, -0.25) is 5.10 Å². The second-order valence-electron chi connectivity index (χ2n) is 4.50. The normalized spacial score (nSPS) is 18.2. The summed E-state index contributed by atoms with van der Waals surface area (Å²) in [6, 6.07) is 2.18. The number of aryl methyl sites for hydroxylation is 1. The second-order valence-corrected chi connectivity index (χ2v) is 4.50. The number of nitrogens with two attached hydrogens (primary N) is 1. The van der Waals surface area contributed by atoms with Crippen molar-refractivity contribution in [2.45, 2.75) is 45.4 Å². The van der Waals surface area contributed by atoms with Crippen molar-refractivity contribution in [2.24, 2.45) is 5.73 Å². The summed E-state index contributed by atoms with van der Waals surface area (Å²) < 4.78 is 5.43. The predicted octanol–water partition coefficient (Wildman–Crippen LogP) is 2.33. The van der Waals surface area contributed by atoms with E-state index >= 15 is 0 Å². The summed E-state index contributed by atoms with van der Waals surface area (Å²) >= 11 is 0. The van der Waals surface area contributed by atoms with Crippen molar-refractivity contribution in [2.75, 3.05) is 0 Å². The van der Waals surface area contributed by atoms with Gasteiger partial charge in [0.15, 0.2) is 0 Å². The van der Waals surface area contributed by atoms with Crippen LogP contribution in [0.15, 0.2) is 11.5 Å². The number of nitrogens with zero attached hydrogens (tertiary/aromatic N) is 2. The van der Waals surface area contributed by atoms with E-state index in [-0.39, 0.29) is 11.8 Å². The van der Waals surface area contributed by atoms with Gasteiger partial charge in [-0.15, -0.1) is 5.10 Å². The van der Waals surface area contributed by atoms with Gasteiger partial charge < -0.3 is 10.5 Å². The van der Waals surface area contributed by atoms with Gasteiger partial charge in [0.05, 0.1) is 5.57 Å². The Morgan fingerprint density at radius 3 is 2.83 bits per heavy atom. The molecule has 1 aliphatic rings. The fourth-order valence-electron chi connectivity index (χ4n) is 2.43. The standard InChI is InChI=1S/C13H18N4O/c1-3-5-8-9(7-14)12(15)18-13-11(8)10(6-4-2)16-17-13/h8H,3-6,15H2,1-2H3,(H,16,17)/t8-/m1/s1. The average Bonchev–Trinajstić information content (AvgIpc) is 2.73. The molecule has 0 fully saturated rings. The van der Waals surface area contributed by atoms with Crippen LogP contribution in [0.3, 0.4) is 0 Å². The summed E-state index contributed by atoms with van der Waals surface area (Å²) in [6.07, 6.45) is 3.80. The van der Waals surface area contributed by atoms with E-state index in [0.29, 0.717) is 11.5 Å². The quantitative estimate of drug-likeness (QED) is 0.853. The zero-order valence-electron chi connectivity index (χ0n) is 10.8. The first-order valence-electron chi connectivity index (χ1n) is 6.37. The lowest BCUT2D eigenvalue weighted by Crippen LogP contribution is -2.20. The first-order valence-corrected chi connectivity index (χ1v) is 6.37. The summed E-state index contributed by atoms with van der Waals surface area (Å²) in [5, 5.41) is 16.4. The molecule has 0 aromatic carbocycles. The smallest absolute Gasteiger partial charge is 0.243 e. The fourth-order valence-corrected chi connectivity index (χ4v) is 2.43. The molecule has 0 bridgehead atoms. The number of nitriles is 1. The molecule has 18 heavy (non-hydrogen) atoms. The number of aromatic nitrogens is 2. The highest BCUT2D eigenvalue weighted by atomic mass is 16.5. The average molecular weight is 246 g/mol. The molecule has 1 atom stereocenters. The van der Waals surface area contributed by atoms with Crippen molar-refractivity contribution < 1.29 is 4.74 Å². The van der Waals surface area contributed by atoms with Gasteiger partial charge in [0.1, 0.15) is 6.07 Å². The first kappa shape index (κ1) is 12.5. The van der Waals surface area contributed by atoms with Gasteiger partial charge in [-0.2, -0.15) is 5.26 Å². The molecule has 5 nitrogen and oxygen atoms in total. The van der Waals surface area contributed by atoms with Gasteiger partial charge in [-0.25, -0.2) is 0 Å². The third-order valence-corrected chi connectivity index (χ3v) is 3.21. The van der Waals surface area contributed by atoms with Gasteiger partial charge in [0.2, 0.25) is 11.8 Å². The minimum absolute atomic E-state index is 0.0176. The molecule has 0 radical (unpaired) electrons. The molecule has 2 rings (SSSR count). The van der Waals surface area contributed by atoms with Crippen molar-refractivity contribution in [1.82, 2.24) is 10.2 Å². The van der Waals surface area contributed by atoms with E-state index in [1.807, 2.05) is 0 Å². The molecule has 1 aromatic rings. The molecule has 3 N–H and O–H groups in total. The van der Waals surface area contributed by atoms with Crippen LogP contribution in [0, 0.1) is 11.3 Å². The summed E-state index contributed by atoms with van der Waals surface area (Å²) in [6.45, 7) is 4.21. The lowest BCUT2D eigenvalue weighted by molar-refractivity contribution is 0.371. The van der Waals surface area contributed by atoms with Crippen molar-refractivity contribution in [3.8, 4) is 11.9 Å². The van der Waals surface area contributed by atoms with Crippen molar-refractivity contribution in [3.63, 3.8) is 0 Å². The van der Waals surface area contributed by atoms with E-state index in [2.05, 4.69) is 30.1 Å². The zero-order chi connectivity index (χ0) is 13.1. The van der Waals surface area contributed by atoms with Crippen LogP contribution in [0.5, 0.6) is 5.88 Å². The first-order chi connectivity index (χ1) is 8.72. The Bertz CT molecular complexity index is 510. The molecule has 5 heteroatoms. The number of ether oxygens (including phenoxy) is 1. The SMILES string of the molecule is CCCc1[nH]nc2c1[C@H](CCC)C(C#N)=C(N)O2. The van der Waals surface area contributed by atoms with Crippen molar-refractivity contribution >= 4 is 0 Å². The third-order valence-electron chi connectivity index (χ3n) is 3.21. The summed E-state index contributed by atoms with van der Waals surface area (Å²) in [7, 11) is 0. The molecule has 0 unspecified atom stereocenters. The number of fused-ring (bicyclic) bond motifs is 1. The Morgan fingerprint density at radius 2 is 2.22 bits per heavy atom. The van der Waals surface area contributed by atoms with E-state index < -0.39 is 0 Å². The molecule has 2 heterocycles. The highest BCUT2D eigenvalue weighted by Gasteiger charge is 2.32. The van der Waals surface area contributed by atoms with Crippen LogP contribution in [0.2, 0.25) is 0 Å². The highest BCUT2D eigenvalue weighted by molar-refractivity contribution is 5.48. The minimum atomic E-state index is 0.0176. The number of nitrogens with one attached hydrogen (secondary N) is 1. The van der Waals surface area contributed by atoms with Crippen LogP contribution in [0.4, 0.5) is 0 Å². The van der Waals surface area contributed by atoms with E-state index in [0.717, 1.165) is 36.9 Å². The molecule has 0 aliphatic carbocycles. The van der Waals surface area contributed by atoms with Crippen LogP contribution >= 0.6 is 0 Å². The highest BCUT2D eigenvalue weighted by Crippen LogP contribution is 2.41. The Morgan fingerprint density at radius 1 is 1.44 bits per heavy atom. The van der Waals surface area contributed by atoms with Crippen LogP contribution in [-0.2, 0) is 6.42 Å². The fraction of sp³-hybridized carbons (Fsp3) is 0.538.